The third-order valence-corrected chi connectivity index (χ3v) is 7.22. The zero-order valence-electron chi connectivity index (χ0n) is 21.5. The van der Waals surface area contributed by atoms with Crippen molar-refractivity contribution in [3.05, 3.63) is 59.7 Å². The maximum atomic E-state index is 13.7. The zero-order valence-corrected chi connectivity index (χ0v) is 22.3. The predicted octanol–water partition coefficient (Wildman–Crippen LogP) is 4.25. The van der Waals surface area contributed by atoms with Crippen molar-refractivity contribution in [1.82, 2.24) is 20.2 Å². The molecule has 0 radical (unpaired) electrons. The van der Waals surface area contributed by atoms with E-state index in [1.807, 2.05) is 6.08 Å². The number of carbonyl (C=O) groups excluding carboxylic acids is 1. The minimum atomic E-state index is -0.638. The molecule has 3 heterocycles. The summed E-state index contributed by atoms with van der Waals surface area (Å²) in [5, 5.41) is 20.4. The molecule has 0 saturated carbocycles. The minimum Gasteiger partial charge on any atom is -0.484 e. The number of ether oxygens (including phenoxy) is 1. The molecule has 1 aromatic heterocycles. The maximum Gasteiger partial charge on any atom is 0.248 e. The number of anilines is 3. The van der Waals surface area contributed by atoms with Gasteiger partial charge in [0.2, 0.25) is 5.91 Å². The molecule has 0 spiro atoms. The molecule has 0 aliphatic carbocycles. The first-order chi connectivity index (χ1) is 19.0. The van der Waals surface area contributed by atoms with Gasteiger partial charge in [-0.15, -0.1) is 0 Å². The number of benzene rings is 2. The fourth-order valence-corrected chi connectivity index (χ4v) is 4.99. The number of rotatable bonds is 8. The molecule has 39 heavy (non-hydrogen) atoms. The number of hydrogen-bond donors (Lipinski definition) is 4. The molecule has 1 amide bonds. The van der Waals surface area contributed by atoms with Crippen molar-refractivity contribution < 1.29 is 19.0 Å². The van der Waals surface area contributed by atoms with Crippen molar-refractivity contribution in [2.24, 2.45) is 0 Å². The summed E-state index contributed by atoms with van der Waals surface area (Å²) >= 11 is 5.95. The Morgan fingerprint density at radius 1 is 1.23 bits per heavy atom. The lowest BCUT2D eigenvalue weighted by atomic mass is 10.1. The van der Waals surface area contributed by atoms with Crippen molar-refractivity contribution in [2.75, 3.05) is 43.4 Å². The summed E-state index contributed by atoms with van der Waals surface area (Å²) in [5.74, 6) is 0.0247. The second-order valence-corrected chi connectivity index (χ2v) is 10.2. The van der Waals surface area contributed by atoms with Gasteiger partial charge in [0.1, 0.15) is 29.8 Å². The number of carbonyl (C=O) groups is 1. The molecule has 2 fully saturated rings. The first-order valence-electron chi connectivity index (χ1n) is 13.2. The predicted molar refractivity (Wildman–Crippen MR) is 150 cm³/mol. The number of piperidine rings is 2. The molecule has 2 atom stereocenters. The lowest BCUT2D eigenvalue weighted by Crippen LogP contribution is -2.47. The molecule has 0 bridgehead atoms. The number of fused-ring (bicyclic) bond motifs is 1. The molecule has 2 aromatic carbocycles. The summed E-state index contributed by atoms with van der Waals surface area (Å²) in [6.45, 7) is 3.99. The van der Waals surface area contributed by atoms with Crippen LogP contribution >= 0.6 is 11.6 Å². The van der Waals surface area contributed by atoms with Crippen LogP contribution in [0.2, 0.25) is 5.02 Å². The highest BCUT2D eigenvalue weighted by atomic mass is 35.5. The van der Waals surface area contributed by atoms with E-state index < -0.39 is 18.0 Å². The Labute approximate surface area is 231 Å². The van der Waals surface area contributed by atoms with Crippen LogP contribution in [0.25, 0.3) is 10.9 Å². The average Bonchev–Trinajstić information content (AvgIpc) is 2.93. The monoisotopic (exact) mass is 554 g/mol. The smallest absolute Gasteiger partial charge is 0.248 e. The van der Waals surface area contributed by atoms with E-state index in [-0.39, 0.29) is 10.9 Å². The van der Waals surface area contributed by atoms with Crippen LogP contribution in [0.5, 0.6) is 5.75 Å². The van der Waals surface area contributed by atoms with Crippen LogP contribution < -0.4 is 20.7 Å². The van der Waals surface area contributed by atoms with Crippen LogP contribution in [-0.4, -0.2) is 70.8 Å². The van der Waals surface area contributed by atoms with Crippen LogP contribution in [-0.2, 0) is 4.79 Å². The van der Waals surface area contributed by atoms with Gasteiger partial charge in [-0.05, 0) is 63.2 Å². The molecule has 2 unspecified atom stereocenters. The molecule has 2 aliphatic rings. The number of amides is 1. The largest absolute Gasteiger partial charge is 0.484 e. The Bertz CT molecular complexity index is 1350. The van der Waals surface area contributed by atoms with Gasteiger partial charge in [0.05, 0.1) is 22.3 Å². The van der Waals surface area contributed by atoms with E-state index in [0.717, 1.165) is 19.6 Å². The van der Waals surface area contributed by atoms with E-state index in [1.165, 1.54) is 43.8 Å². The molecule has 206 valence electrons. The Morgan fingerprint density at radius 2 is 2.08 bits per heavy atom. The van der Waals surface area contributed by atoms with Crippen LogP contribution in [0.4, 0.5) is 21.6 Å². The van der Waals surface area contributed by atoms with Crippen LogP contribution in [0.15, 0.2) is 48.8 Å². The maximum absolute atomic E-state index is 13.7. The lowest BCUT2D eigenvalue weighted by molar-refractivity contribution is -0.111. The summed E-state index contributed by atoms with van der Waals surface area (Å²) in [5.41, 5.74) is 1.53. The van der Waals surface area contributed by atoms with E-state index in [9.17, 15) is 14.3 Å². The Morgan fingerprint density at radius 3 is 2.87 bits per heavy atom. The van der Waals surface area contributed by atoms with E-state index >= 15 is 0 Å². The normalized spacial score (nSPS) is 20.3. The number of halogens is 2. The number of nitrogens with one attached hydrogen (secondary N) is 3. The average molecular weight is 555 g/mol. The molecular formula is C28H32ClFN6O3. The van der Waals surface area contributed by atoms with E-state index in [2.05, 4.69) is 30.8 Å². The highest BCUT2D eigenvalue weighted by molar-refractivity contribution is 6.31. The zero-order chi connectivity index (χ0) is 27.2. The SMILES string of the molecule is O=C(/C=C/CN1CCCCC1)Nc1cc2c(Nc3ccc(F)c(Cl)c3)ncnc2cc1OC1CNCCC1O. The number of nitrogens with zero attached hydrogens (tertiary/aromatic N) is 3. The van der Waals surface area contributed by atoms with Gasteiger partial charge in [-0.2, -0.15) is 0 Å². The summed E-state index contributed by atoms with van der Waals surface area (Å²) in [6, 6.07) is 7.74. The standard InChI is InChI=1S/C28H32ClFN6O3/c29-20-13-18(6-7-21(20)30)34-28-19-14-23(35-27(38)5-4-12-36-10-2-1-3-11-36)25(15-22(19)32-17-33-28)39-26-16-31-9-8-24(26)37/h4-7,13-15,17,24,26,31,37H,1-3,8-12,16H2,(H,35,38)(H,32,33,34)/b5-4+. The van der Waals surface area contributed by atoms with Crippen molar-refractivity contribution >= 4 is 45.6 Å². The van der Waals surface area contributed by atoms with Gasteiger partial charge in [0, 0.05) is 36.3 Å². The Kier molecular flexibility index (Phi) is 8.88. The van der Waals surface area contributed by atoms with Crippen molar-refractivity contribution in [1.29, 1.82) is 0 Å². The van der Waals surface area contributed by atoms with Gasteiger partial charge in [-0.3, -0.25) is 9.69 Å². The highest BCUT2D eigenvalue weighted by Crippen LogP contribution is 2.35. The second kappa shape index (κ2) is 12.7. The van der Waals surface area contributed by atoms with Crippen molar-refractivity contribution in [3.8, 4) is 5.75 Å². The highest BCUT2D eigenvalue weighted by Gasteiger charge is 2.26. The molecule has 2 aliphatic heterocycles. The molecular weight excluding hydrogens is 523 g/mol. The number of aliphatic hydroxyl groups is 1. The number of likely N-dealkylation sites (tertiary alicyclic amines) is 1. The van der Waals surface area contributed by atoms with Gasteiger partial charge in [0.25, 0.3) is 0 Å². The fraction of sp³-hybridized carbons (Fsp3) is 0.393. The van der Waals surface area contributed by atoms with E-state index in [0.29, 0.717) is 53.4 Å². The molecule has 5 rings (SSSR count). The molecule has 11 heteroatoms. The quantitative estimate of drug-likeness (QED) is 0.306. The van der Waals surface area contributed by atoms with E-state index in [1.54, 1.807) is 18.2 Å². The Balaban J connectivity index is 1.42. The first-order valence-corrected chi connectivity index (χ1v) is 13.6. The van der Waals surface area contributed by atoms with Crippen molar-refractivity contribution in [2.45, 2.75) is 37.9 Å². The van der Waals surface area contributed by atoms with Gasteiger partial charge < -0.3 is 25.8 Å². The molecule has 4 N–H and O–H groups in total. The number of hydrogen-bond acceptors (Lipinski definition) is 8. The fourth-order valence-electron chi connectivity index (χ4n) is 4.81. The summed E-state index contributed by atoms with van der Waals surface area (Å²) in [4.78, 5) is 24.0. The summed E-state index contributed by atoms with van der Waals surface area (Å²) in [7, 11) is 0. The minimum absolute atomic E-state index is 0.0158. The van der Waals surface area contributed by atoms with Gasteiger partial charge in [0.15, 0.2) is 0 Å². The van der Waals surface area contributed by atoms with Gasteiger partial charge >= 0.3 is 0 Å². The third kappa shape index (κ3) is 7.02. The van der Waals surface area contributed by atoms with Crippen LogP contribution in [0, 0.1) is 5.82 Å². The van der Waals surface area contributed by atoms with Crippen molar-refractivity contribution in [3.63, 3.8) is 0 Å². The second-order valence-electron chi connectivity index (χ2n) is 9.81. The first kappa shape index (κ1) is 27.3. The number of aliphatic hydroxyl groups excluding tert-OH is 1. The molecule has 9 nitrogen and oxygen atoms in total. The molecule has 3 aromatic rings. The van der Waals surface area contributed by atoms with Gasteiger partial charge in [-0.25, -0.2) is 14.4 Å². The summed E-state index contributed by atoms with van der Waals surface area (Å²) in [6.07, 6.45) is 7.86. The lowest BCUT2D eigenvalue weighted by Gasteiger charge is -2.29. The molecule has 2 saturated heterocycles. The van der Waals surface area contributed by atoms with E-state index in [4.69, 9.17) is 16.3 Å². The Hall–Kier alpha value is -3.31. The number of aromatic nitrogens is 2. The topological polar surface area (TPSA) is 112 Å². The third-order valence-electron chi connectivity index (χ3n) is 6.93. The summed E-state index contributed by atoms with van der Waals surface area (Å²) < 4.78 is 19.8. The van der Waals surface area contributed by atoms with Crippen LogP contribution in [0.3, 0.4) is 0 Å². The van der Waals surface area contributed by atoms with Gasteiger partial charge in [-0.1, -0.05) is 24.1 Å². The van der Waals surface area contributed by atoms with Crippen LogP contribution in [0.1, 0.15) is 25.7 Å².